The zero-order chi connectivity index (χ0) is 31.0. The molecule has 0 saturated carbocycles. The fourth-order valence-electron chi connectivity index (χ4n) is 8.18. The molecule has 0 saturated heterocycles. The Bertz CT molecular complexity index is 2500. The van der Waals surface area contributed by atoms with Gasteiger partial charge < -0.3 is 0 Å². The van der Waals surface area contributed by atoms with Crippen LogP contribution in [0, 0.1) is 0 Å². The second-order valence-corrected chi connectivity index (χ2v) is 12.3. The normalized spacial score (nSPS) is 15.3. The van der Waals surface area contributed by atoms with Crippen LogP contribution in [0.15, 0.2) is 164 Å². The van der Waals surface area contributed by atoms with Gasteiger partial charge in [0.05, 0.1) is 28.0 Å². The van der Waals surface area contributed by atoms with Gasteiger partial charge in [-0.15, -0.1) is 0 Å². The summed E-state index contributed by atoms with van der Waals surface area (Å²) < 4.78 is 0. The summed E-state index contributed by atoms with van der Waals surface area (Å²) in [6.45, 7) is 0. The Labute approximate surface area is 272 Å². The van der Waals surface area contributed by atoms with Gasteiger partial charge in [-0.2, -0.15) is 0 Å². The van der Waals surface area contributed by atoms with Gasteiger partial charge in [-0.05, 0) is 68.8 Å². The van der Waals surface area contributed by atoms with E-state index in [1.165, 1.54) is 55.5 Å². The van der Waals surface area contributed by atoms with Crippen LogP contribution in [0.2, 0.25) is 0 Å². The summed E-state index contributed by atoms with van der Waals surface area (Å²) in [7, 11) is 0. The number of aromatic nitrogens is 3. The second kappa shape index (κ2) is 9.90. The quantitative estimate of drug-likeness (QED) is 0.203. The number of hydrogen-bond acceptors (Lipinski definition) is 3. The van der Waals surface area contributed by atoms with Gasteiger partial charge in [-0.3, -0.25) is 9.97 Å². The van der Waals surface area contributed by atoms with Crippen LogP contribution in [0.3, 0.4) is 0 Å². The SMILES string of the molecule is c1ccc(-c2nc3ccccc3c3c2-c2ccccc2C32c3ccccc3-c3c(-c4ccc(-c5ccccn5)nc4)cccc32)cc1. The minimum atomic E-state index is -0.513. The highest BCUT2D eigenvalue weighted by molar-refractivity contribution is 6.08. The molecular formula is C44H27N3. The minimum absolute atomic E-state index is 0.513. The molecule has 3 aromatic heterocycles. The molecule has 218 valence electrons. The number of para-hydroxylation sites is 1. The predicted octanol–water partition coefficient (Wildman–Crippen LogP) is 10.4. The third-order valence-electron chi connectivity index (χ3n) is 9.99. The van der Waals surface area contributed by atoms with Crippen molar-refractivity contribution in [1.82, 2.24) is 15.0 Å². The summed E-state index contributed by atoms with van der Waals surface area (Å²) in [5.41, 5.74) is 16.9. The Morgan fingerprint density at radius 3 is 1.85 bits per heavy atom. The number of nitrogens with zero attached hydrogens (tertiary/aromatic N) is 3. The molecule has 0 N–H and O–H groups in total. The van der Waals surface area contributed by atoms with E-state index >= 15 is 0 Å². The van der Waals surface area contributed by atoms with Gasteiger partial charge in [0.25, 0.3) is 0 Å². The average molecular weight is 598 g/mol. The van der Waals surface area contributed by atoms with E-state index in [4.69, 9.17) is 9.97 Å². The van der Waals surface area contributed by atoms with E-state index in [1.807, 2.05) is 30.6 Å². The number of benzene rings is 5. The molecule has 0 aliphatic heterocycles. The van der Waals surface area contributed by atoms with E-state index in [0.29, 0.717) is 0 Å². The topological polar surface area (TPSA) is 38.7 Å². The van der Waals surface area contributed by atoms with Gasteiger partial charge in [0.1, 0.15) is 0 Å². The van der Waals surface area contributed by atoms with Crippen molar-refractivity contribution in [2.75, 3.05) is 0 Å². The van der Waals surface area contributed by atoms with Gasteiger partial charge in [0, 0.05) is 34.5 Å². The van der Waals surface area contributed by atoms with Crippen LogP contribution in [0.5, 0.6) is 0 Å². The average Bonchev–Trinajstić information content (AvgIpc) is 3.63. The zero-order valence-electron chi connectivity index (χ0n) is 25.4. The first kappa shape index (κ1) is 26.1. The van der Waals surface area contributed by atoms with E-state index in [1.54, 1.807) is 0 Å². The highest BCUT2D eigenvalue weighted by atomic mass is 14.8. The molecule has 3 nitrogen and oxygen atoms in total. The van der Waals surface area contributed by atoms with Crippen LogP contribution in [0.25, 0.3) is 66.9 Å². The molecule has 2 aliphatic rings. The molecule has 3 heterocycles. The van der Waals surface area contributed by atoms with Gasteiger partial charge >= 0.3 is 0 Å². The van der Waals surface area contributed by atoms with Crippen molar-refractivity contribution in [2.24, 2.45) is 0 Å². The van der Waals surface area contributed by atoms with Crippen molar-refractivity contribution < 1.29 is 0 Å². The first-order valence-corrected chi connectivity index (χ1v) is 16.0. The van der Waals surface area contributed by atoms with Crippen LogP contribution < -0.4 is 0 Å². The molecule has 0 fully saturated rings. The Hall–Kier alpha value is -6.19. The van der Waals surface area contributed by atoms with E-state index < -0.39 is 5.41 Å². The fraction of sp³-hybridized carbons (Fsp3) is 0.0227. The lowest BCUT2D eigenvalue weighted by Crippen LogP contribution is -2.26. The molecule has 0 amide bonds. The molecule has 5 aromatic carbocycles. The summed E-state index contributed by atoms with van der Waals surface area (Å²) >= 11 is 0. The Kier molecular flexibility index (Phi) is 5.49. The van der Waals surface area contributed by atoms with E-state index in [-0.39, 0.29) is 0 Å². The van der Waals surface area contributed by atoms with Crippen molar-refractivity contribution in [3.63, 3.8) is 0 Å². The van der Waals surface area contributed by atoms with Crippen LogP contribution in [0.1, 0.15) is 22.3 Å². The highest BCUT2D eigenvalue weighted by Crippen LogP contribution is 2.66. The van der Waals surface area contributed by atoms with Crippen LogP contribution >= 0.6 is 0 Å². The van der Waals surface area contributed by atoms with Crippen molar-refractivity contribution >= 4 is 10.9 Å². The fourth-order valence-corrected chi connectivity index (χ4v) is 8.18. The molecule has 8 aromatic rings. The highest BCUT2D eigenvalue weighted by Gasteiger charge is 2.53. The molecule has 10 rings (SSSR count). The number of fused-ring (bicyclic) bond motifs is 12. The van der Waals surface area contributed by atoms with Gasteiger partial charge in [0.15, 0.2) is 0 Å². The maximum atomic E-state index is 5.37. The van der Waals surface area contributed by atoms with Crippen molar-refractivity contribution in [3.05, 3.63) is 186 Å². The number of rotatable bonds is 3. The molecule has 1 unspecified atom stereocenters. The summed E-state index contributed by atoms with van der Waals surface area (Å²) in [6.07, 6.45) is 3.81. The maximum Gasteiger partial charge on any atom is 0.0886 e. The van der Waals surface area contributed by atoms with Gasteiger partial charge in [0.2, 0.25) is 0 Å². The van der Waals surface area contributed by atoms with Crippen molar-refractivity contribution in [3.8, 4) is 56.0 Å². The van der Waals surface area contributed by atoms with Crippen LogP contribution in [-0.2, 0) is 5.41 Å². The minimum Gasteiger partial charge on any atom is -0.255 e. The standard InChI is InChI=1S/C44H27N3/c1-2-13-28(14-3-1)43-41-32-16-5-8-20-35(32)44(42(41)33-17-6-9-22-37(33)47-43)34-19-7-4-15-31(34)40-30(18-12-21-36(40)44)29-24-25-39(46-27-29)38-23-10-11-26-45-38/h1-27H. The Morgan fingerprint density at radius 1 is 0.426 bits per heavy atom. The number of hydrogen-bond donors (Lipinski definition) is 0. The van der Waals surface area contributed by atoms with Crippen molar-refractivity contribution in [2.45, 2.75) is 5.41 Å². The first-order valence-electron chi connectivity index (χ1n) is 16.0. The first-order chi connectivity index (χ1) is 23.3. The molecule has 0 radical (unpaired) electrons. The zero-order valence-corrected chi connectivity index (χ0v) is 25.4. The second-order valence-electron chi connectivity index (χ2n) is 12.3. The molecule has 0 bridgehead atoms. The summed E-state index contributed by atoms with van der Waals surface area (Å²) in [5, 5.41) is 1.19. The molecule has 3 heteroatoms. The molecule has 2 aliphatic carbocycles. The molecule has 1 atom stereocenters. The summed E-state index contributed by atoms with van der Waals surface area (Å²) in [4.78, 5) is 14.8. The Morgan fingerprint density at radius 2 is 1.09 bits per heavy atom. The lowest BCUT2D eigenvalue weighted by molar-refractivity contribution is 0.801. The van der Waals surface area contributed by atoms with Crippen molar-refractivity contribution in [1.29, 1.82) is 0 Å². The van der Waals surface area contributed by atoms with E-state index in [0.717, 1.165) is 33.7 Å². The van der Waals surface area contributed by atoms with Crippen LogP contribution in [0.4, 0.5) is 0 Å². The van der Waals surface area contributed by atoms with Crippen LogP contribution in [-0.4, -0.2) is 15.0 Å². The molecule has 1 spiro atoms. The monoisotopic (exact) mass is 597 g/mol. The summed E-state index contributed by atoms with van der Waals surface area (Å²) in [5.74, 6) is 0. The number of pyridine rings is 3. The van der Waals surface area contributed by atoms with E-state index in [2.05, 4.69) is 138 Å². The Balaban J connectivity index is 1.32. The smallest absolute Gasteiger partial charge is 0.0886 e. The lowest BCUT2D eigenvalue weighted by atomic mass is 9.69. The van der Waals surface area contributed by atoms with E-state index in [9.17, 15) is 0 Å². The van der Waals surface area contributed by atoms with Gasteiger partial charge in [-0.25, -0.2) is 4.98 Å². The molecular weight excluding hydrogens is 571 g/mol. The predicted molar refractivity (Wildman–Crippen MR) is 190 cm³/mol. The third kappa shape index (κ3) is 3.54. The largest absolute Gasteiger partial charge is 0.255 e. The molecule has 47 heavy (non-hydrogen) atoms. The third-order valence-corrected chi connectivity index (χ3v) is 9.99. The lowest BCUT2D eigenvalue weighted by Gasteiger charge is -2.31. The van der Waals surface area contributed by atoms with Gasteiger partial charge in [-0.1, -0.05) is 127 Å². The maximum absolute atomic E-state index is 5.37. The summed E-state index contributed by atoms with van der Waals surface area (Å²) in [6, 6.07) is 54.3.